The van der Waals surface area contributed by atoms with Gasteiger partial charge in [-0.15, -0.1) is 0 Å². The average molecular weight is 1020 g/mol. The number of rotatable bonds is 12. The predicted molar refractivity (Wildman–Crippen MR) is 278 cm³/mol. The summed E-state index contributed by atoms with van der Waals surface area (Å²) in [5.74, 6) is 0. The molecule has 334 valence electrons. The molecule has 0 heterocycles. The minimum absolute atomic E-state index is 0. The SMILES string of the molecule is F[B-](F)(F)F.N#CC([PH](c1ccccc1)(c1ccccc1)c1ccccc1)([PH](c1ccccc1)(c1ccccc1)c1ccccc1)[PH](c1ccccc1)(c1ccccc1)c1ccccc1.[Pd]. The van der Waals surface area contributed by atoms with Gasteiger partial charge in [0.05, 0.1) is 0 Å². The van der Waals surface area contributed by atoms with Crippen LogP contribution >= 0.6 is 21.8 Å². The van der Waals surface area contributed by atoms with Crippen molar-refractivity contribution in [2.75, 3.05) is 0 Å². The molecule has 66 heavy (non-hydrogen) atoms. The molecule has 1 nitrogen and oxygen atoms in total. The molecular formula is C56H48BF4NP3Pd-. The summed E-state index contributed by atoms with van der Waals surface area (Å²) < 4.78 is 37.8. The summed E-state index contributed by atoms with van der Waals surface area (Å²) in [6, 6.07) is 105. The van der Waals surface area contributed by atoms with Crippen molar-refractivity contribution in [3.05, 3.63) is 273 Å². The molecule has 0 fully saturated rings. The van der Waals surface area contributed by atoms with Gasteiger partial charge in [-0.1, -0.05) is 0 Å². The minimum atomic E-state index is -6.00. The van der Waals surface area contributed by atoms with E-state index in [-0.39, 0.29) is 20.4 Å². The van der Waals surface area contributed by atoms with Gasteiger partial charge in [0.15, 0.2) is 0 Å². The van der Waals surface area contributed by atoms with E-state index >= 15 is 0 Å². The summed E-state index contributed by atoms with van der Waals surface area (Å²) in [7, 11) is -17.4. The van der Waals surface area contributed by atoms with Crippen LogP contribution in [0.2, 0.25) is 0 Å². The van der Waals surface area contributed by atoms with E-state index in [1.54, 1.807) is 0 Å². The summed E-state index contributed by atoms with van der Waals surface area (Å²) in [4.78, 5) is 0. The van der Waals surface area contributed by atoms with Gasteiger partial charge in [0, 0.05) is 20.4 Å². The van der Waals surface area contributed by atoms with Crippen LogP contribution in [0.5, 0.6) is 0 Å². The van der Waals surface area contributed by atoms with Gasteiger partial charge in [0.2, 0.25) is 0 Å². The largest absolute Gasteiger partial charge is 0 e. The monoisotopic (exact) mass is 1020 g/mol. The smallest absolute Gasteiger partial charge is 0 e. The normalized spacial score (nSPS) is 13.3. The molecule has 0 atom stereocenters. The van der Waals surface area contributed by atoms with Crippen molar-refractivity contribution < 1.29 is 37.7 Å². The van der Waals surface area contributed by atoms with Crippen molar-refractivity contribution in [2.24, 2.45) is 0 Å². The quantitative estimate of drug-likeness (QED) is 0.0680. The fraction of sp³-hybridized carbons (Fsp3) is 0.0179. The van der Waals surface area contributed by atoms with Gasteiger partial charge in [-0.3, -0.25) is 0 Å². The van der Waals surface area contributed by atoms with Gasteiger partial charge in [-0.05, 0) is 0 Å². The standard InChI is InChI=1S/C56H48NP3.BF4.Pd/c57-46-56(58(47-28-10-1-11-29-47,48-30-12-2-13-31-48)49-32-14-3-15-33-49,59(50-34-16-4-17-35-50,51-36-18-5-19-37-51)52-38-20-6-21-39-52)60(53-40-22-7-23-41-53,54-42-24-8-25-43-54)55-44-26-9-27-45-55;2-1(3,4)5;/h1-45,58-60H;;/q;-1;. The van der Waals surface area contributed by atoms with Gasteiger partial charge in [-0.25, -0.2) is 0 Å². The molecular weight excluding hydrogens is 973 g/mol. The Labute approximate surface area is 401 Å². The van der Waals surface area contributed by atoms with Crippen LogP contribution < -0.4 is 47.7 Å². The Bertz CT molecular complexity index is 2320. The first kappa shape index (κ1) is 48.1. The van der Waals surface area contributed by atoms with Gasteiger partial charge in [0.1, 0.15) is 0 Å². The summed E-state index contributed by atoms with van der Waals surface area (Å²) in [5.41, 5.74) is 0. The van der Waals surface area contributed by atoms with Crippen LogP contribution in [0.15, 0.2) is 273 Å². The third-order valence-electron chi connectivity index (χ3n) is 12.7. The van der Waals surface area contributed by atoms with Crippen LogP contribution in [0.3, 0.4) is 0 Å². The van der Waals surface area contributed by atoms with Gasteiger partial charge < -0.3 is 17.3 Å². The molecule has 0 amide bonds. The zero-order valence-electron chi connectivity index (χ0n) is 35.8. The number of hydrogen-bond acceptors (Lipinski definition) is 1. The van der Waals surface area contributed by atoms with E-state index in [0.717, 1.165) is 0 Å². The number of nitrogens with zero attached hydrogens (tertiary/aromatic N) is 1. The molecule has 0 unspecified atom stereocenters. The molecule has 0 spiro atoms. The number of nitriles is 1. The molecule has 0 bridgehead atoms. The van der Waals surface area contributed by atoms with Crippen LogP contribution in [-0.2, 0) is 20.4 Å². The molecule has 9 aromatic carbocycles. The van der Waals surface area contributed by atoms with E-state index in [4.69, 9.17) is 0 Å². The van der Waals surface area contributed by atoms with E-state index in [9.17, 15) is 22.5 Å². The van der Waals surface area contributed by atoms with E-state index in [1.807, 2.05) is 0 Å². The summed E-state index contributed by atoms with van der Waals surface area (Å²) >= 11 is 0. The molecule has 0 aliphatic rings. The Kier molecular flexibility index (Phi) is 15.5. The van der Waals surface area contributed by atoms with Crippen molar-refractivity contribution in [3.8, 4) is 6.07 Å². The van der Waals surface area contributed by atoms with Crippen LogP contribution in [0.4, 0.5) is 17.3 Å². The van der Waals surface area contributed by atoms with Gasteiger partial charge in [0.25, 0.3) is 0 Å². The Morgan fingerprint density at radius 2 is 0.379 bits per heavy atom. The fourth-order valence-electron chi connectivity index (χ4n) is 10.7. The molecule has 0 saturated heterocycles. The van der Waals surface area contributed by atoms with E-state index < -0.39 is 33.7 Å². The molecule has 0 N–H and O–H groups in total. The number of halogens is 4. The number of benzene rings is 9. The van der Waals surface area contributed by atoms with Crippen molar-refractivity contribution in [2.45, 2.75) is 4.64 Å². The Morgan fingerprint density at radius 1 is 0.273 bits per heavy atom. The minimum Gasteiger partial charge on any atom is 0 e. The molecule has 0 aromatic heterocycles. The van der Waals surface area contributed by atoms with Crippen molar-refractivity contribution in [1.82, 2.24) is 0 Å². The second-order valence-electron chi connectivity index (χ2n) is 15.9. The zero-order valence-corrected chi connectivity index (χ0v) is 40.4. The van der Waals surface area contributed by atoms with Crippen LogP contribution in [0.25, 0.3) is 0 Å². The van der Waals surface area contributed by atoms with E-state index in [1.165, 1.54) is 47.7 Å². The Balaban J connectivity index is 0.00000103. The molecule has 0 aliphatic heterocycles. The van der Waals surface area contributed by atoms with Gasteiger partial charge >= 0.3 is 366 Å². The molecule has 9 rings (SSSR count). The average Bonchev–Trinajstić information content (AvgIpc) is 3.37. The third-order valence-corrected chi connectivity index (χ3v) is 34.0. The maximum Gasteiger partial charge on any atom is 0 e. The zero-order chi connectivity index (χ0) is 45.2. The first-order valence-corrected chi connectivity index (χ1v) is 27.5. The summed E-state index contributed by atoms with van der Waals surface area (Å²) in [6.07, 6.45) is 0. The second kappa shape index (κ2) is 21.2. The Hall–Kier alpha value is -5.79. The van der Waals surface area contributed by atoms with Crippen molar-refractivity contribution in [3.63, 3.8) is 0 Å². The van der Waals surface area contributed by atoms with Crippen molar-refractivity contribution >= 4 is 76.8 Å². The first-order valence-electron chi connectivity index (χ1n) is 21.5. The van der Waals surface area contributed by atoms with Crippen LogP contribution in [-0.4, -0.2) is 11.9 Å². The molecule has 0 aliphatic carbocycles. The maximum atomic E-state index is 14.0. The topological polar surface area (TPSA) is 23.8 Å². The van der Waals surface area contributed by atoms with Gasteiger partial charge in [-0.2, -0.15) is 0 Å². The molecule has 0 radical (unpaired) electrons. The van der Waals surface area contributed by atoms with Crippen LogP contribution in [0, 0.1) is 11.3 Å². The molecule has 9 aromatic rings. The second-order valence-corrected chi connectivity index (χ2v) is 29.3. The fourth-order valence-corrected chi connectivity index (χ4v) is 38.9. The first-order chi connectivity index (χ1) is 31.8. The van der Waals surface area contributed by atoms with Crippen LogP contribution in [0.1, 0.15) is 0 Å². The maximum absolute atomic E-state index is 14.0. The predicted octanol–water partition coefficient (Wildman–Crippen LogP) is 10.6. The van der Waals surface area contributed by atoms with Crippen molar-refractivity contribution in [1.29, 1.82) is 5.26 Å². The van der Waals surface area contributed by atoms with E-state index in [0.29, 0.717) is 0 Å². The molecule has 10 heteroatoms. The number of hydrogen-bond donors (Lipinski definition) is 0. The molecule has 0 saturated carbocycles. The summed E-state index contributed by atoms with van der Waals surface area (Å²) in [5, 5.41) is 24.9. The summed E-state index contributed by atoms with van der Waals surface area (Å²) in [6.45, 7) is 0. The van der Waals surface area contributed by atoms with E-state index in [2.05, 4.69) is 279 Å². The third kappa shape index (κ3) is 8.44. The Morgan fingerprint density at radius 3 is 0.470 bits per heavy atom.